The standard InChI is InChI=1S/C53H64N6O6/c1-5-56-43-24-36-9-6-12-39-35-11-8-21-51(3,25-34-16-19-44(54)58-28-34)26-37-10-7-13-41-47(37)49(62)53(50(63)64-30-42(43)40(18-17-35)46(36)39)52(65-53,48(41)61)27-38(29-60)32(2)14-15-33-20-22-57-45(23-33)59-31-55-4/h6-7,9-10,13,16-20,22-24,28,35,39-40,42-43,46,55-56,60H,5,8,11-12,14-15,21,25-27,29-31H2,1-4H3,(H2,54,58)(H,57,59). The zero-order chi connectivity index (χ0) is 45.5. The number of ketones is 2. The number of aromatic nitrogens is 2. The molecule has 10 rings (SSSR count). The van der Waals surface area contributed by atoms with Crippen molar-refractivity contribution in [2.45, 2.75) is 95.8 Å². The summed E-state index contributed by atoms with van der Waals surface area (Å²) in [5.74, 6) is 0.468. The number of nitrogens with two attached hydrogens (primary N) is 1. The molecule has 0 amide bonds. The molecule has 12 nitrogen and oxygen atoms in total. The number of likely N-dealkylation sites (N-methyl/N-ethyl adjacent to an activating group) is 1. The monoisotopic (exact) mass is 880 g/mol. The van der Waals surface area contributed by atoms with Gasteiger partial charge in [-0.2, -0.15) is 0 Å². The summed E-state index contributed by atoms with van der Waals surface area (Å²) in [4.78, 5) is 54.8. The maximum Gasteiger partial charge on any atom is 0.350 e. The smallest absolute Gasteiger partial charge is 0.350 e. The van der Waals surface area contributed by atoms with E-state index in [0.29, 0.717) is 61.1 Å². The quantitative estimate of drug-likeness (QED) is 0.0394. The summed E-state index contributed by atoms with van der Waals surface area (Å²) in [5.41, 5.74) is 7.60. The summed E-state index contributed by atoms with van der Waals surface area (Å²) in [6.07, 6.45) is 21.4. The molecule has 4 aliphatic carbocycles. The highest BCUT2D eigenvalue weighted by atomic mass is 16.7. The van der Waals surface area contributed by atoms with E-state index in [-0.39, 0.29) is 60.0 Å². The van der Waals surface area contributed by atoms with Gasteiger partial charge in [0.05, 0.1) is 19.9 Å². The van der Waals surface area contributed by atoms with Gasteiger partial charge in [-0.3, -0.25) is 9.59 Å². The molecule has 3 aromatic rings. The molecular formula is C53H64N6O6. The lowest BCUT2D eigenvalue weighted by atomic mass is 9.57. The van der Waals surface area contributed by atoms with Crippen molar-refractivity contribution in [1.82, 2.24) is 20.6 Å². The summed E-state index contributed by atoms with van der Waals surface area (Å²) < 4.78 is 13.0. The molecule has 1 saturated heterocycles. The van der Waals surface area contributed by atoms with Crippen molar-refractivity contribution in [3.63, 3.8) is 0 Å². The minimum absolute atomic E-state index is 0.0522. The number of rotatable bonds is 13. The highest BCUT2D eigenvalue weighted by Crippen LogP contribution is 2.60. The second-order valence-electron chi connectivity index (χ2n) is 19.7. The van der Waals surface area contributed by atoms with E-state index in [9.17, 15) is 5.11 Å². The van der Waals surface area contributed by atoms with Gasteiger partial charge in [0.25, 0.3) is 5.60 Å². The predicted molar refractivity (Wildman–Crippen MR) is 251 cm³/mol. The summed E-state index contributed by atoms with van der Waals surface area (Å²) in [5, 5.41) is 20.9. The zero-order valence-electron chi connectivity index (χ0n) is 38.2. The van der Waals surface area contributed by atoms with Crippen molar-refractivity contribution >= 4 is 29.2 Å². The number of fused-ring (bicyclic) bond motifs is 6. The number of aliphatic hydroxyl groups is 1. The number of allylic oxidation sites excluding steroid dienone is 6. The van der Waals surface area contributed by atoms with Crippen LogP contribution in [0.3, 0.4) is 0 Å². The molecule has 65 heavy (non-hydrogen) atoms. The Morgan fingerprint density at radius 3 is 2.69 bits per heavy atom. The van der Waals surface area contributed by atoms with Crippen LogP contribution in [0, 0.1) is 35.0 Å². The van der Waals surface area contributed by atoms with Gasteiger partial charge in [0.2, 0.25) is 5.78 Å². The maximum absolute atomic E-state index is 15.5. The molecule has 3 aliphatic heterocycles. The van der Waals surface area contributed by atoms with Crippen LogP contribution in [0.4, 0.5) is 11.6 Å². The summed E-state index contributed by atoms with van der Waals surface area (Å²) in [6.45, 7) is 7.25. The van der Waals surface area contributed by atoms with Gasteiger partial charge in [0.1, 0.15) is 11.6 Å². The molecule has 1 fully saturated rings. The van der Waals surface area contributed by atoms with E-state index in [1.165, 1.54) is 5.57 Å². The number of ether oxygens (including phenoxy) is 2. The molecule has 9 atom stereocenters. The van der Waals surface area contributed by atoms with Crippen molar-refractivity contribution in [2.75, 3.05) is 44.5 Å². The number of carbonyl (C=O) groups excluding carboxylic acids is 3. The van der Waals surface area contributed by atoms with Crippen LogP contribution in [-0.4, -0.2) is 83.3 Å². The van der Waals surface area contributed by atoms with Crippen LogP contribution in [-0.2, 0) is 33.5 Å². The van der Waals surface area contributed by atoms with Gasteiger partial charge in [0, 0.05) is 41.9 Å². The van der Waals surface area contributed by atoms with Gasteiger partial charge in [-0.25, -0.2) is 14.8 Å². The third kappa shape index (κ3) is 8.21. The van der Waals surface area contributed by atoms with Crippen LogP contribution < -0.4 is 21.7 Å². The van der Waals surface area contributed by atoms with E-state index in [2.05, 4.69) is 70.1 Å². The van der Waals surface area contributed by atoms with Crippen molar-refractivity contribution < 1.29 is 29.0 Å². The minimum Gasteiger partial charge on any atom is -0.463 e. The Morgan fingerprint density at radius 1 is 1.05 bits per heavy atom. The summed E-state index contributed by atoms with van der Waals surface area (Å²) >= 11 is 0. The predicted octanol–water partition coefficient (Wildman–Crippen LogP) is 6.91. The van der Waals surface area contributed by atoms with Crippen molar-refractivity contribution in [2.24, 2.45) is 35.0 Å². The maximum atomic E-state index is 15.5. The van der Waals surface area contributed by atoms with Gasteiger partial charge in [0.15, 0.2) is 11.4 Å². The second-order valence-corrected chi connectivity index (χ2v) is 19.7. The van der Waals surface area contributed by atoms with Gasteiger partial charge in [-0.15, -0.1) is 0 Å². The number of aliphatic hydroxyl groups excluding tert-OH is 1. The number of aryl methyl sites for hydroxylation is 1. The summed E-state index contributed by atoms with van der Waals surface area (Å²) in [6, 6.07) is 13.2. The lowest BCUT2D eigenvalue weighted by Gasteiger charge is -2.49. The zero-order valence-corrected chi connectivity index (χ0v) is 38.2. The number of benzene rings is 1. The number of hydrogen-bond acceptors (Lipinski definition) is 12. The Balaban J connectivity index is 1.11. The minimum atomic E-state index is -2.20. The number of pyridine rings is 2. The van der Waals surface area contributed by atoms with Crippen LogP contribution in [0.15, 0.2) is 102 Å². The Kier molecular flexibility index (Phi) is 12.6. The molecule has 1 aromatic carbocycles. The number of carbonyl (C=O) groups is 3. The molecule has 2 aromatic heterocycles. The average Bonchev–Trinajstić information content (AvgIpc) is 4.01. The van der Waals surface area contributed by atoms with Gasteiger partial charge in [-0.05, 0) is 141 Å². The van der Waals surface area contributed by atoms with Gasteiger partial charge in [-0.1, -0.05) is 80.5 Å². The fraction of sp³-hybridized carbons (Fsp3) is 0.491. The van der Waals surface area contributed by atoms with Crippen LogP contribution in [0.25, 0.3) is 0 Å². The van der Waals surface area contributed by atoms with Gasteiger partial charge >= 0.3 is 5.97 Å². The highest BCUT2D eigenvalue weighted by molar-refractivity contribution is 6.33. The lowest BCUT2D eigenvalue weighted by Crippen LogP contribution is -2.53. The molecule has 5 heterocycles. The van der Waals surface area contributed by atoms with E-state index in [1.54, 1.807) is 12.3 Å². The molecule has 0 radical (unpaired) electrons. The Bertz CT molecular complexity index is 2460. The fourth-order valence-electron chi connectivity index (χ4n) is 12.1. The number of anilines is 2. The van der Waals surface area contributed by atoms with Crippen molar-refractivity contribution in [3.8, 4) is 0 Å². The third-order valence-electron chi connectivity index (χ3n) is 15.5. The lowest BCUT2D eigenvalue weighted by molar-refractivity contribution is -0.150. The molecule has 6 N–H and O–H groups in total. The number of nitrogen functional groups attached to an aromatic ring is 1. The molecule has 9 unspecified atom stereocenters. The largest absolute Gasteiger partial charge is 0.463 e. The number of hydrogen-bond donors (Lipinski definition) is 5. The fourth-order valence-corrected chi connectivity index (χ4v) is 12.1. The molecule has 12 heteroatoms. The number of Topliss-reactive ketones (excluding diaryl/α,β-unsaturated/α-hetero) is 2. The summed E-state index contributed by atoms with van der Waals surface area (Å²) in [7, 11) is 1.86. The van der Waals surface area contributed by atoms with E-state index in [1.807, 2.05) is 56.6 Å². The SMILES string of the molecule is CCNC1C=C2C=CCC3C4C=CC(C1COC(=O)C15OC1(CC(CO)=C(C)CCc1ccnc(NCNC)c1)C(=O)c1cccc(c1C5=O)CC(C)(Cc1ccc(N)nc1)CCC4)C23. The van der Waals surface area contributed by atoms with E-state index in [0.717, 1.165) is 54.7 Å². The Labute approximate surface area is 382 Å². The van der Waals surface area contributed by atoms with Crippen molar-refractivity contribution in [1.29, 1.82) is 0 Å². The third-order valence-corrected chi connectivity index (χ3v) is 15.5. The molecule has 7 aliphatic rings. The van der Waals surface area contributed by atoms with Crippen LogP contribution >= 0.6 is 0 Å². The van der Waals surface area contributed by atoms with E-state index < -0.39 is 28.7 Å². The first kappa shape index (κ1) is 44.9. The Morgan fingerprint density at radius 2 is 1.91 bits per heavy atom. The molecule has 0 saturated carbocycles. The van der Waals surface area contributed by atoms with E-state index >= 15 is 14.4 Å². The first-order valence-corrected chi connectivity index (χ1v) is 23.6. The molecule has 1 spiro atoms. The molecule has 342 valence electrons. The first-order valence-electron chi connectivity index (χ1n) is 23.6. The van der Waals surface area contributed by atoms with E-state index in [4.69, 9.17) is 15.2 Å². The highest BCUT2D eigenvalue weighted by Gasteiger charge is 2.86. The topological polar surface area (TPSA) is 181 Å². The van der Waals surface area contributed by atoms with Crippen LogP contribution in [0.1, 0.15) is 96.7 Å². The number of nitrogens with one attached hydrogen (secondary N) is 3. The number of epoxide rings is 1. The van der Waals surface area contributed by atoms with Gasteiger partial charge < -0.3 is 36.3 Å². The Hall–Kier alpha value is -5.27. The number of nitrogens with zero attached hydrogens (tertiary/aromatic N) is 2. The average molecular weight is 881 g/mol. The normalized spacial score (nSPS) is 31.6. The second kappa shape index (κ2) is 18.2. The van der Waals surface area contributed by atoms with Crippen LogP contribution in [0.2, 0.25) is 0 Å². The number of esters is 1. The van der Waals surface area contributed by atoms with Crippen LogP contribution in [0.5, 0.6) is 0 Å². The van der Waals surface area contributed by atoms with Crippen molar-refractivity contribution in [3.05, 3.63) is 130 Å². The first-order chi connectivity index (χ1) is 31.4. The molecule has 6 bridgehead atoms. The molecular weight excluding hydrogens is 817 g/mol.